The first-order valence-electron chi connectivity index (χ1n) is 8.09. The summed E-state index contributed by atoms with van der Waals surface area (Å²) < 4.78 is 13.8. The van der Waals surface area contributed by atoms with Crippen LogP contribution in [0.4, 0.5) is 14.9 Å². The van der Waals surface area contributed by atoms with Crippen LogP contribution in [-0.4, -0.2) is 55.2 Å². The maximum Gasteiger partial charge on any atom is 0.317 e. The molecule has 2 N–H and O–H groups in total. The monoisotopic (exact) mass is 337 g/mol. The van der Waals surface area contributed by atoms with Crippen molar-refractivity contribution in [1.82, 2.24) is 10.2 Å². The third kappa shape index (κ3) is 4.59. The van der Waals surface area contributed by atoms with Gasteiger partial charge in [0.1, 0.15) is 5.82 Å². The smallest absolute Gasteiger partial charge is 0.317 e. The van der Waals surface area contributed by atoms with Gasteiger partial charge in [0.15, 0.2) is 0 Å². The molecular formula is C17H24FN3O3. The van der Waals surface area contributed by atoms with Gasteiger partial charge in [-0.05, 0) is 24.5 Å². The summed E-state index contributed by atoms with van der Waals surface area (Å²) in [4.78, 5) is 26.2. The molecule has 7 heteroatoms. The molecule has 1 heterocycles. The average molecular weight is 337 g/mol. The number of hydrogen-bond donors (Lipinski definition) is 2. The third-order valence-electron chi connectivity index (χ3n) is 4.34. The van der Waals surface area contributed by atoms with Crippen molar-refractivity contribution >= 4 is 17.7 Å². The van der Waals surface area contributed by atoms with Gasteiger partial charge in [0, 0.05) is 33.2 Å². The van der Waals surface area contributed by atoms with E-state index >= 15 is 0 Å². The predicted octanol–water partition coefficient (Wildman–Crippen LogP) is 2.01. The summed E-state index contributed by atoms with van der Waals surface area (Å²) in [5.41, 5.74) is 0.596. The summed E-state index contributed by atoms with van der Waals surface area (Å²) in [5.74, 6) is -1.52. The van der Waals surface area contributed by atoms with Crippen molar-refractivity contribution in [3.8, 4) is 0 Å². The molecule has 2 amide bonds. The molecule has 2 unspecified atom stereocenters. The Bertz CT molecular complexity index is 596. The number of urea groups is 1. The van der Waals surface area contributed by atoms with E-state index < -0.39 is 11.9 Å². The molecule has 1 aliphatic rings. The molecule has 0 bridgehead atoms. The Hall–Kier alpha value is -2.31. The minimum atomic E-state index is -0.925. The van der Waals surface area contributed by atoms with Crippen molar-refractivity contribution in [1.29, 1.82) is 0 Å². The lowest BCUT2D eigenvalue weighted by molar-refractivity contribution is -0.141. The largest absolute Gasteiger partial charge is 0.481 e. The van der Waals surface area contributed by atoms with E-state index in [9.17, 15) is 14.0 Å². The van der Waals surface area contributed by atoms with Gasteiger partial charge < -0.3 is 20.2 Å². The zero-order chi connectivity index (χ0) is 17.7. The number of carboxylic acid groups (broad SMARTS) is 1. The van der Waals surface area contributed by atoms with Gasteiger partial charge in [-0.2, -0.15) is 0 Å². The summed E-state index contributed by atoms with van der Waals surface area (Å²) in [6.07, 6.45) is 0.879. The number of nitrogens with zero attached hydrogens (tertiary/aromatic N) is 2. The molecule has 2 atom stereocenters. The summed E-state index contributed by atoms with van der Waals surface area (Å²) in [5, 5.41) is 11.7. The normalized spacial score (nSPS) is 18.3. The second-order valence-corrected chi connectivity index (χ2v) is 6.36. The van der Waals surface area contributed by atoms with Crippen molar-refractivity contribution in [2.75, 3.05) is 38.1 Å². The SMILES string of the molecule is CC(CN(C)C(=O)NCC1CCN(c2ccccc2F)C1)C(=O)O. The number of benzene rings is 1. The predicted molar refractivity (Wildman–Crippen MR) is 89.5 cm³/mol. The summed E-state index contributed by atoms with van der Waals surface area (Å²) in [6, 6.07) is 6.40. The number of carbonyl (C=O) groups excluding carboxylic acids is 1. The summed E-state index contributed by atoms with van der Waals surface area (Å²) in [6.45, 7) is 3.67. The highest BCUT2D eigenvalue weighted by Gasteiger charge is 2.25. The van der Waals surface area contributed by atoms with Crippen molar-refractivity contribution in [3.05, 3.63) is 30.1 Å². The highest BCUT2D eigenvalue weighted by Crippen LogP contribution is 2.25. The lowest BCUT2D eigenvalue weighted by Crippen LogP contribution is -2.42. The van der Waals surface area contributed by atoms with Crippen LogP contribution in [0.3, 0.4) is 0 Å². The third-order valence-corrected chi connectivity index (χ3v) is 4.34. The van der Waals surface area contributed by atoms with Crippen molar-refractivity contribution in [3.63, 3.8) is 0 Å². The molecule has 1 aromatic carbocycles. The summed E-state index contributed by atoms with van der Waals surface area (Å²) in [7, 11) is 1.58. The minimum absolute atomic E-state index is 0.160. The fourth-order valence-corrected chi connectivity index (χ4v) is 2.86. The zero-order valence-corrected chi connectivity index (χ0v) is 14.0. The van der Waals surface area contributed by atoms with Crippen LogP contribution >= 0.6 is 0 Å². The molecule has 0 aromatic heterocycles. The minimum Gasteiger partial charge on any atom is -0.481 e. The number of amides is 2. The highest BCUT2D eigenvalue weighted by molar-refractivity contribution is 5.75. The first-order valence-corrected chi connectivity index (χ1v) is 8.09. The Morgan fingerprint density at radius 2 is 2.17 bits per heavy atom. The molecule has 0 spiro atoms. The van der Waals surface area contributed by atoms with Crippen LogP contribution in [0.1, 0.15) is 13.3 Å². The number of aliphatic carboxylic acids is 1. The number of anilines is 1. The second-order valence-electron chi connectivity index (χ2n) is 6.36. The maximum atomic E-state index is 13.8. The molecule has 0 radical (unpaired) electrons. The Morgan fingerprint density at radius 1 is 1.46 bits per heavy atom. The van der Waals surface area contributed by atoms with Crippen LogP contribution in [-0.2, 0) is 4.79 Å². The molecule has 1 aromatic rings. The highest BCUT2D eigenvalue weighted by atomic mass is 19.1. The quantitative estimate of drug-likeness (QED) is 0.833. The fraction of sp³-hybridized carbons (Fsp3) is 0.529. The molecular weight excluding hydrogens is 313 g/mol. The topological polar surface area (TPSA) is 72.9 Å². The Balaban J connectivity index is 1.78. The van der Waals surface area contributed by atoms with Gasteiger partial charge in [-0.3, -0.25) is 4.79 Å². The number of rotatable bonds is 6. The van der Waals surface area contributed by atoms with Crippen molar-refractivity contribution in [2.45, 2.75) is 13.3 Å². The molecule has 1 saturated heterocycles. The van der Waals surface area contributed by atoms with E-state index in [2.05, 4.69) is 5.32 Å². The van der Waals surface area contributed by atoms with E-state index in [1.807, 2.05) is 11.0 Å². The van der Waals surface area contributed by atoms with Crippen LogP contribution in [0.2, 0.25) is 0 Å². The lowest BCUT2D eigenvalue weighted by atomic mass is 10.1. The number of halogens is 1. The van der Waals surface area contributed by atoms with E-state index in [0.717, 1.165) is 13.0 Å². The lowest BCUT2D eigenvalue weighted by Gasteiger charge is -2.22. The van der Waals surface area contributed by atoms with Gasteiger partial charge in [-0.1, -0.05) is 19.1 Å². The van der Waals surface area contributed by atoms with E-state index in [0.29, 0.717) is 18.8 Å². The number of carbonyl (C=O) groups is 2. The molecule has 1 aliphatic heterocycles. The number of para-hydroxylation sites is 1. The van der Waals surface area contributed by atoms with E-state index in [-0.39, 0.29) is 24.3 Å². The Labute approximate surface area is 141 Å². The first kappa shape index (κ1) is 18.0. The van der Waals surface area contributed by atoms with Gasteiger partial charge in [0.25, 0.3) is 0 Å². The van der Waals surface area contributed by atoms with Gasteiger partial charge in [0.2, 0.25) is 0 Å². The number of hydrogen-bond acceptors (Lipinski definition) is 3. The molecule has 132 valence electrons. The standard InChI is InChI=1S/C17H24FN3O3/c1-12(16(22)23)10-20(2)17(24)19-9-13-7-8-21(11-13)15-6-4-3-5-14(15)18/h3-6,12-13H,7-11H2,1-2H3,(H,19,24)(H,22,23). The van der Waals surface area contributed by atoms with E-state index in [4.69, 9.17) is 5.11 Å². The average Bonchev–Trinajstić information content (AvgIpc) is 3.01. The van der Waals surface area contributed by atoms with Crippen molar-refractivity contribution < 1.29 is 19.1 Å². The molecule has 24 heavy (non-hydrogen) atoms. The maximum absolute atomic E-state index is 13.8. The van der Waals surface area contributed by atoms with Crippen LogP contribution in [0.15, 0.2) is 24.3 Å². The number of carboxylic acids is 1. The molecule has 0 saturated carbocycles. The van der Waals surface area contributed by atoms with Crippen LogP contribution in [0.5, 0.6) is 0 Å². The van der Waals surface area contributed by atoms with Crippen LogP contribution in [0.25, 0.3) is 0 Å². The van der Waals surface area contributed by atoms with Gasteiger partial charge in [-0.15, -0.1) is 0 Å². The number of nitrogens with one attached hydrogen (secondary N) is 1. The van der Waals surface area contributed by atoms with Gasteiger partial charge in [0.05, 0.1) is 11.6 Å². The summed E-state index contributed by atoms with van der Waals surface area (Å²) >= 11 is 0. The Morgan fingerprint density at radius 3 is 2.83 bits per heavy atom. The van der Waals surface area contributed by atoms with Crippen LogP contribution in [0, 0.1) is 17.7 Å². The molecule has 0 aliphatic carbocycles. The Kier molecular flexibility index (Phi) is 6.00. The van der Waals surface area contributed by atoms with E-state index in [1.165, 1.54) is 11.0 Å². The van der Waals surface area contributed by atoms with Crippen LogP contribution < -0.4 is 10.2 Å². The molecule has 6 nitrogen and oxygen atoms in total. The van der Waals surface area contributed by atoms with Crippen molar-refractivity contribution in [2.24, 2.45) is 11.8 Å². The fourth-order valence-electron chi connectivity index (χ4n) is 2.86. The van der Waals surface area contributed by atoms with Gasteiger partial charge >= 0.3 is 12.0 Å². The molecule has 1 fully saturated rings. The molecule has 2 rings (SSSR count). The van der Waals surface area contributed by atoms with Gasteiger partial charge in [-0.25, -0.2) is 9.18 Å². The first-order chi connectivity index (χ1) is 11.4. The zero-order valence-electron chi connectivity index (χ0n) is 14.0. The second kappa shape index (κ2) is 7.99. The van der Waals surface area contributed by atoms with E-state index in [1.54, 1.807) is 26.1 Å².